The maximum Gasteiger partial charge on any atom is 0.0173 e. The first-order valence-corrected chi connectivity index (χ1v) is 5.50. The van der Waals surface area contributed by atoms with Gasteiger partial charge in [-0.05, 0) is 19.3 Å². The van der Waals surface area contributed by atoms with Gasteiger partial charge in [0.1, 0.15) is 0 Å². The molecule has 0 aromatic carbocycles. The first-order chi connectivity index (χ1) is 6.74. The maximum absolute atomic E-state index is 3.94. The predicted octanol–water partition coefficient (Wildman–Crippen LogP) is 2.45. The van der Waals surface area contributed by atoms with Crippen molar-refractivity contribution >= 4 is 0 Å². The third-order valence-electron chi connectivity index (χ3n) is 2.86. The third kappa shape index (κ3) is 3.64. The molecule has 2 nitrogen and oxygen atoms in total. The maximum atomic E-state index is 3.94. The molecular weight excluding hydrogens is 172 g/mol. The minimum Gasteiger partial charge on any atom is -0.245 e. The second-order valence-electron chi connectivity index (χ2n) is 4.01. The van der Waals surface area contributed by atoms with E-state index in [4.69, 9.17) is 0 Å². The van der Waals surface area contributed by atoms with E-state index in [9.17, 15) is 0 Å². The molecule has 0 unspecified atom stereocenters. The quantitative estimate of drug-likeness (QED) is 0.634. The molecule has 0 amide bonds. The van der Waals surface area contributed by atoms with E-state index < -0.39 is 0 Å². The van der Waals surface area contributed by atoms with Gasteiger partial charge in [0.15, 0.2) is 0 Å². The van der Waals surface area contributed by atoms with Crippen LogP contribution in [0.25, 0.3) is 0 Å². The molecule has 1 fully saturated rings. The van der Waals surface area contributed by atoms with Crippen LogP contribution >= 0.6 is 0 Å². The van der Waals surface area contributed by atoms with Gasteiger partial charge in [-0.15, -0.1) is 0 Å². The lowest BCUT2D eigenvalue weighted by Crippen LogP contribution is -2.40. The first kappa shape index (κ1) is 11.5. The van der Waals surface area contributed by atoms with Crippen molar-refractivity contribution in [1.29, 1.82) is 0 Å². The fourth-order valence-electron chi connectivity index (χ4n) is 1.78. The molecule has 0 saturated carbocycles. The molecule has 1 saturated heterocycles. The third-order valence-corrected chi connectivity index (χ3v) is 2.86. The fourth-order valence-corrected chi connectivity index (χ4v) is 1.78. The lowest BCUT2D eigenvalue weighted by Gasteiger charge is -2.29. The summed E-state index contributed by atoms with van der Waals surface area (Å²) in [5.74, 6) is 0. The second-order valence-corrected chi connectivity index (χ2v) is 4.01. The van der Waals surface area contributed by atoms with Gasteiger partial charge in [0, 0.05) is 26.7 Å². The molecule has 2 heteroatoms. The molecule has 1 aliphatic heterocycles. The van der Waals surface area contributed by atoms with Crippen LogP contribution in [0.4, 0.5) is 0 Å². The number of hydrogen-bond donors (Lipinski definition) is 0. The van der Waals surface area contributed by atoms with Crippen LogP contribution in [0.3, 0.4) is 0 Å². The Morgan fingerprint density at radius 1 is 1.29 bits per heavy atom. The minimum absolute atomic E-state index is 1.04. The average molecular weight is 194 g/mol. The van der Waals surface area contributed by atoms with Crippen LogP contribution < -0.4 is 0 Å². The highest BCUT2D eigenvalue weighted by atomic mass is 15.6. The summed E-state index contributed by atoms with van der Waals surface area (Å²) in [6, 6.07) is 0. The van der Waals surface area contributed by atoms with Crippen LogP contribution in [0.15, 0.2) is 24.8 Å². The fraction of sp³-hybridized carbons (Fsp3) is 0.667. The molecule has 0 atom stereocenters. The number of rotatable bonds is 4. The topological polar surface area (TPSA) is 6.48 Å². The molecular formula is C12H22N2. The van der Waals surface area contributed by atoms with Gasteiger partial charge in [-0.25, -0.2) is 10.0 Å². The number of hydrogen-bond acceptors (Lipinski definition) is 2. The number of hydrazine groups is 1. The molecule has 0 aromatic rings. The Bertz CT molecular complexity index is 198. The molecule has 14 heavy (non-hydrogen) atoms. The van der Waals surface area contributed by atoms with Gasteiger partial charge in [0.2, 0.25) is 0 Å². The molecule has 0 bridgehead atoms. The summed E-state index contributed by atoms with van der Waals surface area (Å²) in [7, 11) is 2.18. The Morgan fingerprint density at radius 2 is 2.00 bits per heavy atom. The van der Waals surface area contributed by atoms with E-state index in [1.165, 1.54) is 32.4 Å². The van der Waals surface area contributed by atoms with Crippen LogP contribution in [-0.2, 0) is 0 Å². The summed E-state index contributed by atoms with van der Waals surface area (Å²) < 4.78 is 0. The molecule has 1 aliphatic rings. The van der Waals surface area contributed by atoms with Crippen molar-refractivity contribution in [2.24, 2.45) is 0 Å². The molecule has 1 heterocycles. The van der Waals surface area contributed by atoms with Gasteiger partial charge in [-0.3, -0.25) is 0 Å². The van der Waals surface area contributed by atoms with Crippen molar-refractivity contribution in [1.82, 2.24) is 10.0 Å². The highest BCUT2D eigenvalue weighted by Gasteiger charge is 2.13. The zero-order valence-electron chi connectivity index (χ0n) is 9.34. The number of allylic oxidation sites excluding steroid dienone is 1. The molecule has 0 aliphatic carbocycles. The molecule has 0 radical (unpaired) electrons. The summed E-state index contributed by atoms with van der Waals surface area (Å²) >= 11 is 0. The highest BCUT2D eigenvalue weighted by molar-refractivity contribution is 5.10. The van der Waals surface area contributed by atoms with E-state index in [-0.39, 0.29) is 0 Å². The normalized spacial score (nSPS) is 20.4. The smallest absolute Gasteiger partial charge is 0.0173 e. The molecule has 0 spiro atoms. The van der Waals surface area contributed by atoms with E-state index in [0.717, 1.165) is 18.5 Å². The Morgan fingerprint density at radius 3 is 2.71 bits per heavy atom. The van der Waals surface area contributed by atoms with Crippen molar-refractivity contribution in [2.75, 3.05) is 26.7 Å². The first-order valence-electron chi connectivity index (χ1n) is 5.50. The van der Waals surface area contributed by atoms with Crippen LogP contribution in [0.5, 0.6) is 0 Å². The summed E-state index contributed by atoms with van der Waals surface area (Å²) in [6.45, 7) is 11.1. The molecule has 80 valence electrons. The zero-order valence-corrected chi connectivity index (χ0v) is 9.34. The van der Waals surface area contributed by atoms with Crippen molar-refractivity contribution in [2.45, 2.75) is 25.7 Å². The van der Waals surface area contributed by atoms with Gasteiger partial charge >= 0.3 is 0 Å². The van der Waals surface area contributed by atoms with E-state index in [0.29, 0.717) is 0 Å². The van der Waals surface area contributed by atoms with Gasteiger partial charge in [0.25, 0.3) is 0 Å². The Kier molecular flexibility index (Phi) is 4.91. The number of nitrogens with zero attached hydrogens (tertiary/aromatic N) is 2. The minimum atomic E-state index is 1.04. The van der Waals surface area contributed by atoms with Crippen molar-refractivity contribution in [3.63, 3.8) is 0 Å². The summed E-state index contributed by atoms with van der Waals surface area (Å²) in [4.78, 5) is 0. The van der Waals surface area contributed by atoms with E-state index in [2.05, 4.69) is 30.2 Å². The van der Waals surface area contributed by atoms with Crippen molar-refractivity contribution in [3.8, 4) is 0 Å². The Balaban J connectivity index is 2.33. The molecule has 0 N–H and O–H groups in total. The van der Waals surface area contributed by atoms with Gasteiger partial charge < -0.3 is 0 Å². The lowest BCUT2D eigenvalue weighted by atomic mass is 10.2. The SMILES string of the molecule is C=CC(=C)CCN1CCCCCN1C. The Hall–Kier alpha value is -0.600. The molecule has 0 aromatic heterocycles. The van der Waals surface area contributed by atoms with Crippen molar-refractivity contribution in [3.05, 3.63) is 24.8 Å². The lowest BCUT2D eigenvalue weighted by molar-refractivity contribution is 0.0110. The van der Waals surface area contributed by atoms with Crippen LogP contribution in [0.2, 0.25) is 0 Å². The van der Waals surface area contributed by atoms with Gasteiger partial charge in [0.05, 0.1) is 0 Å². The highest BCUT2D eigenvalue weighted by Crippen LogP contribution is 2.11. The molecule has 1 rings (SSSR count). The van der Waals surface area contributed by atoms with Crippen molar-refractivity contribution < 1.29 is 0 Å². The average Bonchev–Trinajstić information content (AvgIpc) is 2.39. The summed E-state index contributed by atoms with van der Waals surface area (Å²) in [5.41, 5.74) is 1.14. The monoisotopic (exact) mass is 194 g/mol. The zero-order chi connectivity index (χ0) is 10.4. The van der Waals surface area contributed by atoms with Gasteiger partial charge in [-0.1, -0.05) is 31.2 Å². The Labute approximate surface area is 87.9 Å². The van der Waals surface area contributed by atoms with E-state index in [1.54, 1.807) is 0 Å². The van der Waals surface area contributed by atoms with Crippen LogP contribution in [-0.4, -0.2) is 36.7 Å². The van der Waals surface area contributed by atoms with Crippen LogP contribution in [0.1, 0.15) is 25.7 Å². The second kappa shape index (κ2) is 5.99. The predicted molar refractivity (Wildman–Crippen MR) is 62.0 cm³/mol. The summed E-state index contributed by atoms with van der Waals surface area (Å²) in [5, 5.41) is 4.78. The summed E-state index contributed by atoms with van der Waals surface area (Å²) in [6.07, 6.45) is 6.91. The standard InChI is InChI=1S/C12H22N2/c1-4-12(2)8-11-14-10-7-5-6-9-13(14)3/h4H,1-2,5-11H2,3H3. The van der Waals surface area contributed by atoms with E-state index in [1.807, 2.05) is 6.08 Å². The van der Waals surface area contributed by atoms with Gasteiger partial charge in [-0.2, -0.15) is 0 Å². The van der Waals surface area contributed by atoms with E-state index >= 15 is 0 Å². The van der Waals surface area contributed by atoms with Crippen LogP contribution in [0, 0.1) is 0 Å². The largest absolute Gasteiger partial charge is 0.245 e.